The summed E-state index contributed by atoms with van der Waals surface area (Å²) in [6.07, 6.45) is 8.38. The molecule has 0 aromatic rings. The summed E-state index contributed by atoms with van der Waals surface area (Å²) in [7, 11) is 2.27. The Morgan fingerprint density at radius 1 is 1.15 bits per heavy atom. The molecule has 1 aliphatic carbocycles. The van der Waals surface area contributed by atoms with Crippen molar-refractivity contribution < 1.29 is 0 Å². The molecule has 118 valence electrons. The van der Waals surface area contributed by atoms with E-state index in [1.165, 1.54) is 71.2 Å². The maximum absolute atomic E-state index is 3.86. The summed E-state index contributed by atoms with van der Waals surface area (Å²) in [5.41, 5.74) is 0. The molecule has 0 radical (unpaired) electrons. The number of nitrogens with one attached hydrogen (secondary N) is 1. The molecule has 0 aromatic carbocycles. The minimum atomic E-state index is 0.704. The molecule has 1 aliphatic heterocycles. The average Bonchev–Trinajstić information content (AvgIpc) is 2.90. The lowest BCUT2D eigenvalue weighted by Crippen LogP contribution is -2.49. The van der Waals surface area contributed by atoms with E-state index in [1.54, 1.807) is 0 Å². The Morgan fingerprint density at radius 3 is 2.60 bits per heavy atom. The monoisotopic (exact) mass is 281 g/mol. The highest BCUT2D eigenvalue weighted by Gasteiger charge is 2.28. The predicted molar refractivity (Wildman–Crippen MR) is 87.2 cm³/mol. The van der Waals surface area contributed by atoms with Crippen LogP contribution in [0.4, 0.5) is 0 Å². The van der Waals surface area contributed by atoms with Crippen molar-refractivity contribution in [2.45, 2.75) is 64.5 Å². The molecule has 1 saturated carbocycles. The topological polar surface area (TPSA) is 18.5 Å². The first-order valence-electron chi connectivity index (χ1n) is 8.86. The molecule has 2 aliphatic rings. The summed E-state index contributed by atoms with van der Waals surface area (Å²) in [6.45, 7) is 10.9. The van der Waals surface area contributed by atoms with Gasteiger partial charge in [0.15, 0.2) is 0 Å². The predicted octanol–water partition coefficient (Wildman–Crippen LogP) is 2.57. The second-order valence-corrected chi connectivity index (χ2v) is 7.06. The minimum Gasteiger partial charge on any atom is -0.312 e. The van der Waals surface area contributed by atoms with Crippen molar-refractivity contribution in [3.05, 3.63) is 0 Å². The summed E-state index contributed by atoms with van der Waals surface area (Å²) in [4.78, 5) is 5.24. The lowest BCUT2D eigenvalue weighted by molar-refractivity contribution is 0.162. The molecule has 20 heavy (non-hydrogen) atoms. The third-order valence-electron chi connectivity index (χ3n) is 5.24. The van der Waals surface area contributed by atoms with Crippen LogP contribution < -0.4 is 5.32 Å². The number of rotatable bonds is 6. The highest BCUT2D eigenvalue weighted by molar-refractivity contribution is 4.86. The van der Waals surface area contributed by atoms with E-state index in [1.807, 2.05) is 0 Å². The Hall–Kier alpha value is -0.120. The second-order valence-electron chi connectivity index (χ2n) is 7.06. The van der Waals surface area contributed by atoms with Crippen molar-refractivity contribution in [2.75, 3.05) is 39.8 Å². The van der Waals surface area contributed by atoms with E-state index in [0.29, 0.717) is 6.04 Å². The Morgan fingerprint density at radius 2 is 1.90 bits per heavy atom. The van der Waals surface area contributed by atoms with Crippen LogP contribution in [0.25, 0.3) is 0 Å². The Balaban J connectivity index is 1.90. The number of nitrogens with zero attached hydrogens (tertiary/aromatic N) is 2. The number of likely N-dealkylation sites (N-methyl/N-ethyl adjacent to an activating group) is 1. The lowest BCUT2D eigenvalue weighted by Gasteiger charge is -2.34. The third kappa shape index (κ3) is 4.71. The first-order valence-corrected chi connectivity index (χ1v) is 8.86. The van der Waals surface area contributed by atoms with Crippen molar-refractivity contribution in [1.29, 1.82) is 0 Å². The van der Waals surface area contributed by atoms with E-state index in [-0.39, 0.29) is 0 Å². The zero-order valence-corrected chi connectivity index (χ0v) is 13.9. The van der Waals surface area contributed by atoms with Crippen molar-refractivity contribution in [2.24, 2.45) is 5.92 Å². The van der Waals surface area contributed by atoms with E-state index < -0.39 is 0 Å². The molecular weight excluding hydrogens is 246 g/mol. The van der Waals surface area contributed by atoms with E-state index in [2.05, 4.69) is 36.0 Å². The van der Waals surface area contributed by atoms with Gasteiger partial charge in [0.05, 0.1) is 0 Å². The summed E-state index contributed by atoms with van der Waals surface area (Å²) in [6, 6.07) is 1.43. The van der Waals surface area contributed by atoms with Crippen LogP contribution >= 0.6 is 0 Å². The van der Waals surface area contributed by atoms with Crippen LogP contribution in [0.1, 0.15) is 52.4 Å². The van der Waals surface area contributed by atoms with Crippen LogP contribution in [0.15, 0.2) is 0 Å². The maximum Gasteiger partial charge on any atom is 0.0223 e. The molecule has 2 rings (SSSR count). The fourth-order valence-corrected chi connectivity index (χ4v) is 4.02. The molecular formula is C17H35N3. The molecule has 2 fully saturated rings. The first kappa shape index (κ1) is 16.3. The molecule has 2 unspecified atom stereocenters. The van der Waals surface area contributed by atoms with Crippen LogP contribution in [0, 0.1) is 5.92 Å². The lowest BCUT2D eigenvalue weighted by atomic mass is 9.97. The van der Waals surface area contributed by atoms with Crippen molar-refractivity contribution in [3.63, 3.8) is 0 Å². The summed E-state index contributed by atoms with van der Waals surface area (Å²) < 4.78 is 0. The van der Waals surface area contributed by atoms with Gasteiger partial charge in [-0.3, -0.25) is 4.90 Å². The molecule has 1 saturated heterocycles. The van der Waals surface area contributed by atoms with Gasteiger partial charge in [-0.25, -0.2) is 0 Å². The van der Waals surface area contributed by atoms with Gasteiger partial charge in [-0.15, -0.1) is 0 Å². The summed E-state index contributed by atoms with van der Waals surface area (Å²) >= 11 is 0. The van der Waals surface area contributed by atoms with Crippen molar-refractivity contribution in [1.82, 2.24) is 15.1 Å². The molecule has 0 spiro atoms. The van der Waals surface area contributed by atoms with Gasteiger partial charge in [-0.2, -0.15) is 0 Å². The molecule has 2 atom stereocenters. The van der Waals surface area contributed by atoms with E-state index >= 15 is 0 Å². The molecule has 3 nitrogen and oxygen atoms in total. The summed E-state index contributed by atoms with van der Waals surface area (Å²) in [5.74, 6) is 0.926. The summed E-state index contributed by atoms with van der Waals surface area (Å²) in [5, 5.41) is 3.86. The third-order valence-corrected chi connectivity index (χ3v) is 5.24. The highest BCUT2D eigenvalue weighted by Crippen LogP contribution is 2.28. The van der Waals surface area contributed by atoms with Gasteiger partial charge in [0, 0.05) is 25.2 Å². The number of hydrogen-bond donors (Lipinski definition) is 1. The van der Waals surface area contributed by atoms with E-state index in [0.717, 1.165) is 12.0 Å². The average molecular weight is 281 g/mol. The van der Waals surface area contributed by atoms with Crippen molar-refractivity contribution >= 4 is 0 Å². The zero-order valence-electron chi connectivity index (χ0n) is 13.9. The zero-order chi connectivity index (χ0) is 14.4. The van der Waals surface area contributed by atoms with Gasteiger partial charge in [0.25, 0.3) is 0 Å². The van der Waals surface area contributed by atoms with Gasteiger partial charge >= 0.3 is 0 Å². The standard InChI is InChI=1S/C17H35N3/c1-4-10-18-17(16-8-5-6-9-16)14-20-12-7-11-19(3)13-15(20)2/h15-18H,4-14H2,1-3H3. The van der Waals surface area contributed by atoms with Crippen molar-refractivity contribution in [3.8, 4) is 0 Å². The van der Waals surface area contributed by atoms with Crippen LogP contribution in [-0.4, -0.2) is 61.7 Å². The Bertz CT molecular complexity index is 263. The second kappa shape index (κ2) is 8.35. The SMILES string of the molecule is CCCNC(CN1CCCN(C)CC1C)C1CCCC1. The van der Waals surface area contributed by atoms with Gasteiger partial charge in [0.2, 0.25) is 0 Å². The largest absolute Gasteiger partial charge is 0.312 e. The van der Waals surface area contributed by atoms with Crippen LogP contribution in [-0.2, 0) is 0 Å². The van der Waals surface area contributed by atoms with E-state index in [4.69, 9.17) is 0 Å². The van der Waals surface area contributed by atoms with Gasteiger partial charge < -0.3 is 10.2 Å². The molecule has 0 aromatic heterocycles. The van der Waals surface area contributed by atoms with Crippen LogP contribution in [0.5, 0.6) is 0 Å². The minimum absolute atomic E-state index is 0.704. The fraction of sp³-hybridized carbons (Fsp3) is 1.00. The van der Waals surface area contributed by atoms with Gasteiger partial charge in [-0.1, -0.05) is 19.8 Å². The molecule has 0 bridgehead atoms. The fourth-order valence-electron chi connectivity index (χ4n) is 4.02. The normalized spacial score (nSPS) is 28.6. The van der Waals surface area contributed by atoms with Crippen LogP contribution in [0.3, 0.4) is 0 Å². The molecule has 1 N–H and O–H groups in total. The molecule has 1 heterocycles. The first-order chi connectivity index (χ1) is 9.70. The maximum atomic E-state index is 3.86. The van der Waals surface area contributed by atoms with Gasteiger partial charge in [-0.05, 0) is 65.2 Å². The van der Waals surface area contributed by atoms with E-state index in [9.17, 15) is 0 Å². The molecule has 3 heteroatoms. The van der Waals surface area contributed by atoms with Gasteiger partial charge in [0.1, 0.15) is 0 Å². The highest BCUT2D eigenvalue weighted by atomic mass is 15.2. The number of hydrogen-bond acceptors (Lipinski definition) is 3. The smallest absolute Gasteiger partial charge is 0.0223 e. The Kier molecular flexibility index (Phi) is 6.79. The quantitative estimate of drug-likeness (QED) is 0.807. The molecule has 0 amide bonds. The van der Waals surface area contributed by atoms with Crippen LogP contribution in [0.2, 0.25) is 0 Å². The Labute approximate surface area is 126 Å².